The van der Waals surface area contributed by atoms with Crippen LogP contribution in [0.3, 0.4) is 0 Å². The van der Waals surface area contributed by atoms with Gasteiger partial charge in [-0.15, -0.1) is 11.6 Å². The quantitative estimate of drug-likeness (QED) is 0.410. The summed E-state index contributed by atoms with van der Waals surface area (Å²) in [5.74, 6) is 0. The van der Waals surface area contributed by atoms with Crippen LogP contribution in [0.1, 0.15) is 0 Å². The van der Waals surface area contributed by atoms with Gasteiger partial charge in [-0.1, -0.05) is 0 Å². The Morgan fingerprint density at radius 3 is 2.42 bits per heavy atom. The van der Waals surface area contributed by atoms with Gasteiger partial charge in [0.25, 0.3) is 5.69 Å². The van der Waals surface area contributed by atoms with E-state index in [4.69, 9.17) is 0 Å². The van der Waals surface area contributed by atoms with E-state index in [-0.39, 0.29) is 11.2 Å². The average Bonchev–Trinajstić information content (AvgIpc) is 2.09. The summed E-state index contributed by atoms with van der Waals surface area (Å²) in [7, 11) is 0. The summed E-state index contributed by atoms with van der Waals surface area (Å²) in [6, 6.07) is 2.26. The lowest BCUT2D eigenvalue weighted by atomic mass is 10.4. The van der Waals surface area contributed by atoms with Crippen molar-refractivity contribution in [3.05, 3.63) is 38.8 Å². The molecule has 0 radical (unpaired) electrons. The summed E-state index contributed by atoms with van der Waals surface area (Å²) < 4.78 is 0. The first-order valence-electron chi connectivity index (χ1n) is 2.91. The normalized spacial score (nSPS) is 8.17. The number of pyridine rings is 1. The number of hydrogen-bond donors (Lipinski definition) is 1. The molecule has 1 heterocycles. The average molecular weight is 191 g/mol. The molecule has 6 heteroatoms. The van der Waals surface area contributed by atoms with Crippen molar-refractivity contribution < 1.29 is 4.92 Å². The number of aromatic amines is 1. The van der Waals surface area contributed by atoms with Crippen LogP contribution in [0.25, 0.3) is 0 Å². The number of halogens is 1. The maximum Gasteiger partial charge on any atom is 0.285 e. The first kappa shape index (κ1) is 10.6. The van der Waals surface area contributed by atoms with Crippen LogP contribution in [-0.2, 0) is 0 Å². The van der Waals surface area contributed by atoms with Gasteiger partial charge in [0.05, 0.1) is 11.1 Å². The van der Waals surface area contributed by atoms with Gasteiger partial charge < -0.3 is 4.98 Å². The Balaban J connectivity index is 0.000000561. The number of aromatic nitrogens is 1. The topological polar surface area (TPSA) is 76.0 Å². The van der Waals surface area contributed by atoms with E-state index in [1.165, 1.54) is 6.38 Å². The predicted molar refractivity (Wildman–Crippen MR) is 45.5 cm³/mol. The van der Waals surface area contributed by atoms with Crippen LogP contribution in [0.15, 0.2) is 23.1 Å². The van der Waals surface area contributed by atoms with Crippen LogP contribution in [0, 0.1) is 10.1 Å². The van der Waals surface area contributed by atoms with Gasteiger partial charge in [0.15, 0.2) is 0 Å². The predicted octanol–water partition coefficient (Wildman–Crippen LogP) is 1.14. The van der Waals surface area contributed by atoms with E-state index in [1.807, 2.05) is 0 Å². The maximum absolute atomic E-state index is 10.4. The number of nitrogens with one attached hydrogen (secondary N) is 1. The highest BCUT2D eigenvalue weighted by Gasteiger charge is 2.01. The molecule has 0 aliphatic heterocycles. The van der Waals surface area contributed by atoms with Gasteiger partial charge in [-0.25, -0.2) is 0 Å². The van der Waals surface area contributed by atoms with Gasteiger partial charge in [-0.05, 0) is 0 Å². The highest BCUT2D eigenvalue weighted by atomic mass is 35.5. The van der Waals surface area contributed by atoms with E-state index in [2.05, 4.69) is 16.6 Å². The third-order valence-electron chi connectivity index (χ3n) is 0.979. The van der Waals surface area contributed by atoms with E-state index in [9.17, 15) is 14.9 Å². The molecule has 0 amide bonds. The molecule has 0 unspecified atom stereocenters. The molecule has 0 saturated heterocycles. The smallest absolute Gasteiger partial charge is 0.285 e. The largest absolute Gasteiger partial charge is 0.323 e. The fraction of sp³-hybridized carbons (Fsp3) is 0.167. The number of hydrogen-bond acceptors (Lipinski definition) is 3. The standard InChI is InChI=1S/C5H4N2O3.CH3Cl/c8-5-2-1-4(3-6-5)7(9)10;1-2/h1-3H,(H,6,8);1H3. The fourth-order valence-corrected chi connectivity index (χ4v) is 0.516. The number of H-pyrrole nitrogens is 1. The van der Waals surface area contributed by atoms with Crippen LogP contribution in [0.4, 0.5) is 5.69 Å². The Labute approximate surface area is 73.1 Å². The molecule has 0 aliphatic rings. The fourth-order valence-electron chi connectivity index (χ4n) is 0.516. The Hall–Kier alpha value is -1.36. The molecule has 66 valence electrons. The highest BCUT2D eigenvalue weighted by molar-refractivity contribution is 6.15. The molecule has 1 aromatic rings. The van der Waals surface area contributed by atoms with Crippen molar-refractivity contribution in [2.24, 2.45) is 0 Å². The minimum atomic E-state index is -0.573. The SMILES string of the molecule is CCl.O=c1ccc([N+](=O)[O-])c[nH]1. The van der Waals surface area contributed by atoms with Crippen molar-refractivity contribution in [2.45, 2.75) is 0 Å². The van der Waals surface area contributed by atoms with E-state index >= 15 is 0 Å². The van der Waals surface area contributed by atoms with Crippen molar-refractivity contribution in [2.75, 3.05) is 6.38 Å². The molecule has 0 bridgehead atoms. The van der Waals surface area contributed by atoms with Crippen LogP contribution in [0.5, 0.6) is 0 Å². The van der Waals surface area contributed by atoms with Crippen LogP contribution < -0.4 is 5.56 Å². The van der Waals surface area contributed by atoms with Gasteiger partial charge in [0.1, 0.15) is 0 Å². The molecule has 0 atom stereocenters. The summed E-state index contributed by atoms with van der Waals surface area (Å²) in [6.07, 6.45) is 2.53. The molecule has 12 heavy (non-hydrogen) atoms. The molecule has 1 N–H and O–H groups in total. The molecule has 0 fully saturated rings. The lowest BCUT2D eigenvalue weighted by Crippen LogP contribution is -2.02. The summed E-state index contributed by atoms with van der Waals surface area (Å²) in [5, 5.41) is 10.00. The third-order valence-corrected chi connectivity index (χ3v) is 0.979. The van der Waals surface area contributed by atoms with E-state index in [0.29, 0.717) is 0 Å². The molecule has 0 saturated carbocycles. The number of nitrogens with zero attached hydrogens (tertiary/aromatic N) is 1. The first-order chi connectivity index (χ1) is 5.70. The van der Waals surface area contributed by atoms with Gasteiger partial charge in [-0.3, -0.25) is 14.9 Å². The first-order valence-corrected chi connectivity index (χ1v) is 3.66. The summed E-state index contributed by atoms with van der Waals surface area (Å²) in [5.41, 5.74) is -0.454. The molecule has 5 nitrogen and oxygen atoms in total. The second-order valence-electron chi connectivity index (χ2n) is 1.67. The van der Waals surface area contributed by atoms with E-state index in [0.717, 1.165) is 18.3 Å². The van der Waals surface area contributed by atoms with Crippen LogP contribution >= 0.6 is 11.6 Å². The minimum absolute atomic E-state index is 0.111. The Bertz CT molecular complexity index is 289. The molecule has 0 spiro atoms. The van der Waals surface area contributed by atoms with Crippen molar-refractivity contribution in [1.82, 2.24) is 4.98 Å². The third kappa shape index (κ3) is 3.16. The molecular weight excluding hydrogens is 184 g/mol. The minimum Gasteiger partial charge on any atom is -0.323 e. The van der Waals surface area contributed by atoms with Crippen molar-refractivity contribution in [3.63, 3.8) is 0 Å². The Morgan fingerprint density at radius 1 is 1.50 bits per heavy atom. The lowest BCUT2D eigenvalue weighted by molar-refractivity contribution is -0.385. The molecular formula is C6H7ClN2O3. The maximum atomic E-state index is 10.4. The van der Waals surface area contributed by atoms with Gasteiger partial charge >= 0.3 is 0 Å². The zero-order valence-corrected chi connectivity index (χ0v) is 7.04. The Kier molecular flexibility index (Phi) is 4.71. The lowest BCUT2D eigenvalue weighted by Gasteiger charge is -1.85. The van der Waals surface area contributed by atoms with Crippen molar-refractivity contribution >= 4 is 17.3 Å². The second-order valence-corrected chi connectivity index (χ2v) is 1.67. The van der Waals surface area contributed by atoms with E-state index in [1.54, 1.807) is 0 Å². The van der Waals surface area contributed by atoms with Crippen molar-refractivity contribution in [1.29, 1.82) is 0 Å². The van der Waals surface area contributed by atoms with Crippen LogP contribution in [0.2, 0.25) is 0 Å². The van der Waals surface area contributed by atoms with E-state index < -0.39 is 4.92 Å². The molecule has 0 aromatic carbocycles. The summed E-state index contributed by atoms with van der Waals surface area (Å²) in [6.45, 7) is 0. The monoisotopic (exact) mass is 190 g/mol. The van der Waals surface area contributed by atoms with Gasteiger partial charge in [0.2, 0.25) is 5.56 Å². The molecule has 1 aromatic heterocycles. The van der Waals surface area contributed by atoms with Crippen molar-refractivity contribution in [3.8, 4) is 0 Å². The zero-order valence-electron chi connectivity index (χ0n) is 6.28. The summed E-state index contributed by atoms with van der Waals surface area (Å²) in [4.78, 5) is 22.0. The molecule has 0 aliphatic carbocycles. The highest BCUT2D eigenvalue weighted by Crippen LogP contribution is 2.02. The van der Waals surface area contributed by atoms with Crippen LogP contribution in [-0.4, -0.2) is 16.3 Å². The number of nitro groups is 1. The second kappa shape index (κ2) is 5.31. The number of rotatable bonds is 1. The Morgan fingerprint density at radius 2 is 2.08 bits per heavy atom. The van der Waals surface area contributed by atoms with Gasteiger partial charge in [-0.2, -0.15) is 0 Å². The summed E-state index contributed by atoms with van der Waals surface area (Å²) >= 11 is 4.64. The molecule has 1 rings (SSSR count). The van der Waals surface area contributed by atoms with Gasteiger partial charge in [0, 0.05) is 18.5 Å². The zero-order chi connectivity index (χ0) is 9.56. The number of alkyl halides is 1.